The van der Waals surface area contributed by atoms with Crippen LogP contribution in [0.25, 0.3) is 22.3 Å². The number of nitrogens with zero attached hydrogens (tertiary/aromatic N) is 4. The number of benzene rings is 1. The van der Waals surface area contributed by atoms with Crippen LogP contribution in [0.3, 0.4) is 0 Å². The second-order valence-corrected chi connectivity index (χ2v) is 12.6. The number of aryl methyl sites for hydroxylation is 1. The summed E-state index contributed by atoms with van der Waals surface area (Å²) >= 11 is 0. The molecule has 1 saturated carbocycles. The van der Waals surface area contributed by atoms with Crippen molar-refractivity contribution in [3.8, 4) is 11.4 Å². The Hall–Kier alpha value is -3.96. The molecule has 1 aliphatic heterocycles. The van der Waals surface area contributed by atoms with E-state index in [1.54, 1.807) is 37.4 Å². The molecule has 4 aromatic rings. The molecule has 2 aliphatic rings. The molecule has 4 heterocycles. The smallest absolute Gasteiger partial charge is 0.251 e. The highest BCUT2D eigenvalue weighted by Gasteiger charge is 2.45. The Bertz CT molecular complexity index is 1760. The normalized spacial score (nSPS) is 16.3. The van der Waals surface area contributed by atoms with Crippen molar-refractivity contribution in [1.82, 2.24) is 25.6 Å². The molecule has 2 fully saturated rings. The summed E-state index contributed by atoms with van der Waals surface area (Å²) in [6.07, 6.45) is 5.04. The number of piperazine rings is 1. The van der Waals surface area contributed by atoms with E-state index in [2.05, 4.69) is 20.5 Å². The van der Waals surface area contributed by atoms with Gasteiger partial charge in [-0.2, -0.15) is 0 Å². The van der Waals surface area contributed by atoms with E-state index in [0.717, 1.165) is 44.1 Å². The van der Waals surface area contributed by atoms with Crippen LogP contribution in [0.2, 0.25) is 0 Å². The minimum absolute atomic E-state index is 0.121. The van der Waals surface area contributed by atoms with Gasteiger partial charge in [-0.25, -0.2) is 22.8 Å². The SMILES string of the molecule is Cc1ccc(C(=O)NCc2cc3nc(-c4cc(F)cc(N5CCNC6(CC6)C5)n4)ccc3cn2)cc1S(C)(=O)=O. The van der Waals surface area contributed by atoms with E-state index in [0.29, 0.717) is 34.0 Å². The molecule has 1 spiro atoms. The lowest BCUT2D eigenvalue weighted by atomic mass is 10.1. The zero-order chi connectivity index (χ0) is 28.1. The third-order valence-electron chi connectivity index (χ3n) is 7.50. The van der Waals surface area contributed by atoms with Crippen LogP contribution >= 0.6 is 0 Å². The van der Waals surface area contributed by atoms with Crippen LogP contribution in [0, 0.1) is 12.7 Å². The molecule has 206 valence electrons. The molecule has 1 saturated heterocycles. The van der Waals surface area contributed by atoms with Gasteiger partial charge in [0.25, 0.3) is 5.91 Å². The highest BCUT2D eigenvalue weighted by Crippen LogP contribution is 2.38. The van der Waals surface area contributed by atoms with Crippen molar-refractivity contribution in [3.05, 3.63) is 77.4 Å². The predicted molar refractivity (Wildman–Crippen MR) is 150 cm³/mol. The highest BCUT2D eigenvalue weighted by atomic mass is 32.2. The van der Waals surface area contributed by atoms with Gasteiger partial charge in [0.15, 0.2) is 9.84 Å². The largest absolute Gasteiger partial charge is 0.353 e. The van der Waals surface area contributed by atoms with Crippen molar-refractivity contribution >= 4 is 32.5 Å². The first-order valence-corrected chi connectivity index (χ1v) is 15.0. The molecular formula is C29H29FN6O3S. The molecule has 0 unspecified atom stereocenters. The zero-order valence-electron chi connectivity index (χ0n) is 22.2. The molecule has 3 aromatic heterocycles. The number of aromatic nitrogens is 3. The predicted octanol–water partition coefficient (Wildman–Crippen LogP) is 3.42. The van der Waals surface area contributed by atoms with Gasteiger partial charge in [-0.3, -0.25) is 9.78 Å². The fourth-order valence-electron chi connectivity index (χ4n) is 5.13. The second kappa shape index (κ2) is 9.90. The molecule has 1 aliphatic carbocycles. The molecule has 11 heteroatoms. The topological polar surface area (TPSA) is 117 Å². The molecule has 1 amide bonds. The number of carbonyl (C=O) groups is 1. The summed E-state index contributed by atoms with van der Waals surface area (Å²) in [4.78, 5) is 28.9. The van der Waals surface area contributed by atoms with Crippen molar-refractivity contribution in [2.45, 2.75) is 36.7 Å². The van der Waals surface area contributed by atoms with E-state index >= 15 is 0 Å². The molecule has 6 rings (SSSR count). The number of hydrogen-bond donors (Lipinski definition) is 2. The van der Waals surface area contributed by atoms with Crippen molar-refractivity contribution in [3.63, 3.8) is 0 Å². The summed E-state index contributed by atoms with van der Waals surface area (Å²) < 4.78 is 38.7. The van der Waals surface area contributed by atoms with Gasteiger partial charge < -0.3 is 15.5 Å². The average Bonchev–Trinajstić information content (AvgIpc) is 3.68. The first-order chi connectivity index (χ1) is 19.1. The Kier molecular flexibility index (Phi) is 6.50. The first-order valence-electron chi connectivity index (χ1n) is 13.1. The number of amides is 1. The quantitative estimate of drug-likeness (QED) is 0.369. The first kappa shape index (κ1) is 26.3. The molecule has 0 atom stereocenters. The van der Waals surface area contributed by atoms with Gasteiger partial charge in [-0.15, -0.1) is 0 Å². The lowest BCUT2D eigenvalue weighted by molar-refractivity contribution is 0.0950. The fourth-order valence-corrected chi connectivity index (χ4v) is 6.12. The van der Waals surface area contributed by atoms with Gasteiger partial charge in [0, 0.05) is 60.7 Å². The van der Waals surface area contributed by atoms with Crippen LogP contribution in [0.1, 0.15) is 34.5 Å². The van der Waals surface area contributed by atoms with E-state index < -0.39 is 15.7 Å². The lowest BCUT2D eigenvalue weighted by Crippen LogP contribution is -2.52. The number of carbonyl (C=O) groups excluding carboxylic acids is 1. The second-order valence-electron chi connectivity index (χ2n) is 10.7. The molecule has 40 heavy (non-hydrogen) atoms. The molecule has 2 N–H and O–H groups in total. The summed E-state index contributed by atoms with van der Waals surface area (Å²) in [7, 11) is -3.46. The van der Waals surface area contributed by atoms with Crippen LogP contribution in [-0.4, -0.2) is 60.7 Å². The molecule has 1 aromatic carbocycles. The molecule has 9 nitrogen and oxygen atoms in total. The Balaban J connectivity index is 1.22. The summed E-state index contributed by atoms with van der Waals surface area (Å²) in [6, 6.07) is 12.9. The maximum absolute atomic E-state index is 14.7. The van der Waals surface area contributed by atoms with Crippen molar-refractivity contribution < 1.29 is 17.6 Å². The summed E-state index contributed by atoms with van der Waals surface area (Å²) in [6.45, 7) is 4.23. The third-order valence-corrected chi connectivity index (χ3v) is 8.74. The highest BCUT2D eigenvalue weighted by molar-refractivity contribution is 7.90. The standard InChI is InChI=1S/C29H29FN6O3S/c1-18-3-4-19(11-26(18)40(2,38)39)28(37)32-16-22-14-24-20(15-31-22)5-6-23(34-24)25-12-21(30)13-27(35-25)36-10-9-33-29(17-36)7-8-29/h3-6,11-15,33H,7-10,16-17H2,1-2H3,(H,32,37). The van der Waals surface area contributed by atoms with Crippen LogP contribution in [-0.2, 0) is 16.4 Å². The number of halogens is 1. The minimum Gasteiger partial charge on any atom is -0.353 e. The number of fused-ring (bicyclic) bond motifs is 1. The number of pyridine rings is 3. The number of sulfone groups is 1. The molecule has 0 radical (unpaired) electrons. The maximum atomic E-state index is 14.7. The van der Waals surface area contributed by atoms with E-state index in [9.17, 15) is 17.6 Å². The number of hydrogen-bond acceptors (Lipinski definition) is 8. The van der Waals surface area contributed by atoms with E-state index in [1.165, 1.54) is 18.2 Å². The number of anilines is 1. The van der Waals surface area contributed by atoms with Crippen LogP contribution in [0.5, 0.6) is 0 Å². The van der Waals surface area contributed by atoms with Gasteiger partial charge in [-0.1, -0.05) is 6.07 Å². The van der Waals surface area contributed by atoms with E-state index in [-0.39, 0.29) is 28.4 Å². The lowest BCUT2D eigenvalue weighted by Gasteiger charge is -2.35. The molecular weight excluding hydrogens is 531 g/mol. The van der Waals surface area contributed by atoms with Gasteiger partial charge in [0.05, 0.1) is 34.0 Å². The Morgan fingerprint density at radius 3 is 2.70 bits per heavy atom. The average molecular weight is 561 g/mol. The van der Waals surface area contributed by atoms with Gasteiger partial charge in [-0.05, 0) is 55.7 Å². The summed E-state index contributed by atoms with van der Waals surface area (Å²) in [5, 5.41) is 7.15. The maximum Gasteiger partial charge on any atom is 0.251 e. The number of nitrogens with one attached hydrogen (secondary N) is 2. The monoisotopic (exact) mass is 560 g/mol. The Labute approximate surface area is 231 Å². The third kappa shape index (κ3) is 5.39. The van der Waals surface area contributed by atoms with Gasteiger partial charge >= 0.3 is 0 Å². The Morgan fingerprint density at radius 2 is 1.93 bits per heavy atom. The van der Waals surface area contributed by atoms with Gasteiger partial charge in [0.1, 0.15) is 11.6 Å². The van der Waals surface area contributed by atoms with Crippen molar-refractivity contribution in [2.75, 3.05) is 30.8 Å². The zero-order valence-corrected chi connectivity index (χ0v) is 23.1. The fraction of sp³-hybridized carbons (Fsp3) is 0.310. The summed E-state index contributed by atoms with van der Waals surface area (Å²) in [5.41, 5.74) is 3.17. The number of rotatable bonds is 6. The van der Waals surface area contributed by atoms with Crippen LogP contribution in [0.4, 0.5) is 10.2 Å². The summed E-state index contributed by atoms with van der Waals surface area (Å²) in [5.74, 6) is -0.164. The van der Waals surface area contributed by atoms with Crippen LogP contribution in [0.15, 0.2) is 59.6 Å². The van der Waals surface area contributed by atoms with Crippen molar-refractivity contribution in [2.24, 2.45) is 0 Å². The van der Waals surface area contributed by atoms with Crippen LogP contribution < -0.4 is 15.5 Å². The Morgan fingerprint density at radius 1 is 1.10 bits per heavy atom. The van der Waals surface area contributed by atoms with Gasteiger partial charge in [0.2, 0.25) is 0 Å². The van der Waals surface area contributed by atoms with Crippen molar-refractivity contribution in [1.29, 1.82) is 0 Å². The minimum atomic E-state index is -3.46. The molecule has 0 bridgehead atoms. The van der Waals surface area contributed by atoms with E-state index in [4.69, 9.17) is 9.97 Å². The van der Waals surface area contributed by atoms with E-state index in [1.807, 2.05) is 6.07 Å².